The van der Waals surface area contributed by atoms with Gasteiger partial charge in [0, 0.05) is 18.4 Å². The van der Waals surface area contributed by atoms with Gasteiger partial charge in [-0.25, -0.2) is 9.97 Å². The van der Waals surface area contributed by atoms with E-state index in [1.54, 1.807) is 6.20 Å². The van der Waals surface area contributed by atoms with Gasteiger partial charge in [-0.15, -0.1) is 0 Å². The van der Waals surface area contributed by atoms with Crippen molar-refractivity contribution >= 4 is 28.5 Å². The number of benzene rings is 1. The molecule has 0 saturated heterocycles. The molecular formula is C16H17ClN4O. The number of ether oxygens (including phenoxy) is 1. The van der Waals surface area contributed by atoms with Crippen LogP contribution in [-0.2, 0) is 6.54 Å². The van der Waals surface area contributed by atoms with Crippen molar-refractivity contribution in [2.45, 2.75) is 19.9 Å². The Kier molecular flexibility index (Phi) is 4.15. The van der Waals surface area contributed by atoms with Crippen LogP contribution in [0.5, 0.6) is 5.75 Å². The van der Waals surface area contributed by atoms with Crippen LogP contribution in [0.2, 0.25) is 5.02 Å². The van der Waals surface area contributed by atoms with E-state index in [0.29, 0.717) is 11.6 Å². The van der Waals surface area contributed by atoms with Crippen LogP contribution in [0.25, 0.3) is 11.2 Å². The standard InChI is InChI=1S/C16H17ClN4O/c1-11-20-15-9-12(17)10-19-16(15)21(11)7-2-8-22-14-5-3-13(18)4-6-14/h3-6,9-10H,2,7-8,18H2,1H3. The summed E-state index contributed by atoms with van der Waals surface area (Å²) in [7, 11) is 0. The van der Waals surface area contributed by atoms with E-state index in [4.69, 9.17) is 22.1 Å². The van der Waals surface area contributed by atoms with Crippen molar-refractivity contribution in [2.75, 3.05) is 12.3 Å². The number of hydrogen-bond donors (Lipinski definition) is 1. The van der Waals surface area contributed by atoms with Crippen LogP contribution in [0, 0.1) is 6.92 Å². The summed E-state index contributed by atoms with van der Waals surface area (Å²) in [5, 5.41) is 0.601. The lowest BCUT2D eigenvalue weighted by Gasteiger charge is -2.08. The zero-order valence-electron chi connectivity index (χ0n) is 12.3. The minimum Gasteiger partial charge on any atom is -0.494 e. The second kappa shape index (κ2) is 6.23. The second-order valence-corrected chi connectivity index (χ2v) is 5.51. The molecule has 2 aromatic heterocycles. The molecule has 114 valence electrons. The largest absolute Gasteiger partial charge is 0.494 e. The van der Waals surface area contributed by atoms with Crippen LogP contribution in [0.15, 0.2) is 36.5 Å². The zero-order valence-corrected chi connectivity index (χ0v) is 13.0. The highest BCUT2D eigenvalue weighted by molar-refractivity contribution is 6.31. The molecule has 0 aliphatic heterocycles. The number of fused-ring (bicyclic) bond motifs is 1. The lowest BCUT2D eigenvalue weighted by Crippen LogP contribution is -2.06. The Morgan fingerprint density at radius 2 is 2.05 bits per heavy atom. The number of aryl methyl sites for hydroxylation is 2. The Morgan fingerprint density at radius 3 is 2.82 bits per heavy atom. The summed E-state index contributed by atoms with van der Waals surface area (Å²) in [6.07, 6.45) is 2.51. The van der Waals surface area contributed by atoms with Gasteiger partial charge in [-0.1, -0.05) is 11.6 Å². The fourth-order valence-electron chi connectivity index (χ4n) is 2.34. The van der Waals surface area contributed by atoms with Gasteiger partial charge in [0.25, 0.3) is 0 Å². The normalized spacial score (nSPS) is 11.0. The zero-order chi connectivity index (χ0) is 15.5. The number of aromatic nitrogens is 3. The highest BCUT2D eigenvalue weighted by Gasteiger charge is 2.08. The molecule has 2 heterocycles. The Labute approximate surface area is 133 Å². The molecule has 5 nitrogen and oxygen atoms in total. The Balaban J connectivity index is 1.62. The maximum atomic E-state index is 5.95. The highest BCUT2D eigenvalue weighted by Crippen LogP contribution is 2.18. The Bertz CT molecular complexity index is 783. The number of rotatable bonds is 5. The first-order valence-electron chi connectivity index (χ1n) is 7.10. The number of imidazole rings is 1. The van der Waals surface area contributed by atoms with Gasteiger partial charge in [0.15, 0.2) is 5.65 Å². The van der Waals surface area contributed by atoms with Crippen LogP contribution in [-0.4, -0.2) is 21.1 Å². The van der Waals surface area contributed by atoms with Crippen molar-refractivity contribution in [3.8, 4) is 5.75 Å². The molecule has 6 heteroatoms. The quantitative estimate of drug-likeness (QED) is 0.578. The van der Waals surface area contributed by atoms with Gasteiger partial charge >= 0.3 is 0 Å². The lowest BCUT2D eigenvalue weighted by atomic mass is 10.3. The van der Waals surface area contributed by atoms with Crippen molar-refractivity contribution < 1.29 is 4.74 Å². The van der Waals surface area contributed by atoms with Crippen LogP contribution in [0.4, 0.5) is 5.69 Å². The highest BCUT2D eigenvalue weighted by atomic mass is 35.5. The molecule has 0 aliphatic rings. The molecule has 0 bridgehead atoms. The molecule has 0 radical (unpaired) electrons. The third-order valence-corrected chi connectivity index (χ3v) is 3.62. The minimum atomic E-state index is 0.601. The first-order valence-corrected chi connectivity index (χ1v) is 7.48. The molecule has 2 N–H and O–H groups in total. The van der Waals surface area contributed by atoms with Crippen LogP contribution < -0.4 is 10.5 Å². The predicted molar refractivity (Wildman–Crippen MR) is 88.2 cm³/mol. The first-order chi connectivity index (χ1) is 10.6. The maximum absolute atomic E-state index is 5.95. The summed E-state index contributed by atoms with van der Waals surface area (Å²) in [4.78, 5) is 8.84. The van der Waals surface area contributed by atoms with E-state index in [0.717, 1.165) is 41.4 Å². The van der Waals surface area contributed by atoms with E-state index in [1.165, 1.54) is 0 Å². The summed E-state index contributed by atoms with van der Waals surface area (Å²) >= 11 is 5.95. The minimum absolute atomic E-state index is 0.601. The van der Waals surface area contributed by atoms with E-state index in [-0.39, 0.29) is 0 Å². The summed E-state index contributed by atoms with van der Waals surface area (Å²) < 4.78 is 7.78. The van der Waals surface area contributed by atoms with E-state index in [1.807, 2.05) is 37.3 Å². The van der Waals surface area contributed by atoms with Gasteiger partial charge < -0.3 is 15.0 Å². The third-order valence-electron chi connectivity index (χ3n) is 3.42. The van der Waals surface area contributed by atoms with Gasteiger partial charge in [-0.2, -0.15) is 0 Å². The molecule has 3 rings (SSSR count). The molecule has 0 aliphatic carbocycles. The van der Waals surface area contributed by atoms with Crippen molar-refractivity contribution in [1.82, 2.24) is 14.5 Å². The molecule has 0 fully saturated rings. The van der Waals surface area contributed by atoms with E-state index >= 15 is 0 Å². The average molecular weight is 317 g/mol. The predicted octanol–water partition coefficient (Wildman–Crippen LogP) is 3.44. The third kappa shape index (κ3) is 3.14. The Hall–Kier alpha value is -2.27. The molecular weight excluding hydrogens is 300 g/mol. The number of nitrogens with two attached hydrogens (primary N) is 1. The molecule has 22 heavy (non-hydrogen) atoms. The van der Waals surface area contributed by atoms with Gasteiger partial charge in [-0.05, 0) is 43.7 Å². The number of hydrogen-bond acceptors (Lipinski definition) is 4. The fraction of sp³-hybridized carbons (Fsp3) is 0.250. The SMILES string of the molecule is Cc1nc2cc(Cl)cnc2n1CCCOc1ccc(N)cc1. The summed E-state index contributed by atoms with van der Waals surface area (Å²) in [5.74, 6) is 1.75. The van der Waals surface area contributed by atoms with Gasteiger partial charge in [0.05, 0.1) is 11.6 Å². The van der Waals surface area contributed by atoms with E-state index in [9.17, 15) is 0 Å². The van der Waals surface area contributed by atoms with Crippen molar-refractivity contribution in [1.29, 1.82) is 0 Å². The summed E-state index contributed by atoms with van der Waals surface area (Å²) in [6, 6.07) is 9.23. The summed E-state index contributed by atoms with van der Waals surface area (Å²) in [6.45, 7) is 3.39. The van der Waals surface area contributed by atoms with Crippen LogP contribution >= 0.6 is 11.6 Å². The average Bonchev–Trinajstić information content (AvgIpc) is 2.80. The maximum Gasteiger partial charge on any atom is 0.160 e. The smallest absolute Gasteiger partial charge is 0.160 e. The van der Waals surface area contributed by atoms with E-state index in [2.05, 4.69) is 14.5 Å². The molecule has 3 aromatic rings. The van der Waals surface area contributed by atoms with E-state index < -0.39 is 0 Å². The van der Waals surface area contributed by atoms with Crippen LogP contribution in [0.3, 0.4) is 0 Å². The molecule has 0 atom stereocenters. The topological polar surface area (TPSA) is 66.0 Å². The number of pyridine rings is 1. The number of anilines is 1. The van der Waals surface area contributed by atoms with Crippen molar-refractivity contribution in [2.24, 2.45) is 0 Å². The number of nitrogens with zero attached hydrogens (tertiary/aromatic N) is 3. The Morgan fingerprint density at radius 1 is 1.27 bits per heavy atom. The second-order valence-electron chi connectivity index (χ2n) is 5.08. The van der Waals surface area contributed by atoms with Crippen molar-refractivity contribution in [3.05, 3.63) is 47.4 Å². The fourth-order valence-corrected chi connectivity index (χ4v) is 2.50. The molecule has 0 spiro atoms. The monoisotopic (exact) mass is 316 g/mol. The molecule has 0 unspecified atom stereocenters. The molecule has 1 aromatic carbocycles. The van der Waals surface area contributed by atoms with Gasteiger partial charge in [0.1, 0.15) is 17.1 Å². The van der Waals surface area contributed by atoms with Crippen LogP contribution in [0.1, 0.15) is 12.2 Å². The lowest BCUT2D eigenvalue weighted by molar-refractivity contribution is 0.302. The number of halogens is 1. The number of nitrogen functional groups attached to an aromatic ring is 1. The van der Waals surface area contributed by atoms with Gasteiger partial charge in [0.2, 0.25) is 0 Å². The summed E-state index contributed by atoms with van der Waals surface area (Å²) in [5.41, 5.74) is 8.06. The first kappa shape index (κ1) is 14.7. The molecule has 0 saturated carbocycles. The van der Waals surface area contributed by atoms with Gasteiger partial charge in [-0.3, -0.25) is 0 Å². The molecule has 0 amide bonds. The van der Waals surface area contributed by atoms with Crippen molar-refractivity contribution in [3.63, 3.8) is 0 Å².